The normalized spacial score (nSPS) is 48.4. The molecule has 0 aliphatic heterocycles. The van der Waals surface area contributed by atoms with E-state index in [1.165, 1.54) is 0 Å². The standard InChI is InChI=1S/C7H8F2O/c8-7(9)5-1-4(3-10)2-6(5)7/h3-6H,1-2H2. The van der Waals surface area contributed by atoms with Crippen LogP contribution in [-0.4, -0.2) is 12.2 Å². The number of aldehydes is 1. The Kier molecular flexibility index (Phi) is 0.984. The van der Waals surface area contributed by atoms with Gasteiger partial charge in [-0.3, -0.25) is 0 Å². The van der Waals surface area contributed by atoms with Gasteiger partial charge in [0.2, 0.25) is 0 Å². The zero-order chi connectivity index (χ0) is 7.35. The lowest BCUT2D eigenvalue weighted by atomic mass is 10.1. The van der Waals surface area contributed by atoms with Crippen LogP contribution in [0.1, 0.15) is 12.8 Å². The number of rotatable bonds is 1. The summed E-state index contributed by atoms with van der Waals surface area (Å²) in [6, 6.07) is 0. The third-order valence-electron chi connectivity index (χ3n) is 2.67. The van der Waals surface area contributed by atoms with Crippen LogP contribution in [0.4, 0.5) is 8.78 Å². The number of carbonyl (C=O) groups excluding carboxylic acids is 1. The quantitative estimate of drug-likeness (QED) is 0.512. The summed E-state index contributed by atoms with van der Waals surface area (Å²) in [5.74, 6) is -3.40. The van der Waals surface area contributed by atoms with Gasteiger partial charge in [-0.1, -0.05) is 0 Å². The number of halogens is 2. The summed E-state index contributed by atoms with van der Waals surface area (Å²) in [6.07, 6.45) is 1.64. The van der Waals surface area contributed by atoms with E-state index in [0.717, 1.165) is 6.29 Å². The van der Waals surface area contributed by atoms with Crippen molar-refractivity contribution in [1.82, 2.24) is 0 Å². The maximum absolute atomic E-state index is 12.4. The second-order valence-corrected chi connectivity index (χ2v) is 3.26. The molecular formula is C7H8F2O. The van der Waals surface area contributed by atoms with E-state index in [1.807, 2.05) is 0 Å². The third kappa shape index (κ3) is 0.580. The van der Waals surface area contributed by atoms with Crippen LogP contribution < -0.4 is 0 Å². The second-order valence-electron chi connectivity index (χ2n) is 3.26. The van der Waals surface area contributed by atoms with E-state index in [4.69, 9.17) is 0 Å². The van der Waals surface area contributed by atoms with Crippen molar-refractivity contribution >= 4 is 6.29 Å². The smallest absolute Gasteiger partial charge is 0.254 e. The molecular weight excluding hydrogens is 138 g/mol. The minimum atomic E-state index is -2.42. The third-order valence-corrected chi connectivity index (χ3v) is 2.67. The molecule has 2 saturated carbocycles. The maximum Gasteiger partial charge on any atom is 0.254 e. The van der Waals surface area contributed by atoms with Gasteiger partial charge in [0, 0.05) is 17.8 Å². The molecule has 0 radical (unpaired) electrons. The van der Waals surface area contributed by atoms with Crippen LogP contribution in [0, 0.1) is 17.8 Å². The van der Waals surface area contributed by atoms with Gasteiger partial charge >= 0.3 is 0 Å². The SMILES string of the molecule is O=CC1CC2C(C1)C2(F)F. The molecule has 0 aromatic heterocycles. The molecule has 0 N–H and O–H groups in total. The summed E-state index contributed by atoms with van der Waals surface area (Å²) in [6.45, 7) is 0. The monoisotopic (exact) mass is 146 g/mol. The van der Waals surface area contributed by atoms with Gasteiger partial charge in [0.05, 0.1) is 0 Å². The van der Waals surface area contributed by atoms with Gasteiger partial charge in [-0.25, -0.2) is 8.78 Å². The highest BCUT2D eigenvalue weighted by atomic mass is 19.3. The molecule has 0 aromatic rings. The maximum atomic E-state index is 12.4. The van der Waals surface area contributed by atoms with Gasteiger partial charge in [0.15, 0.2) is 0 Å². The number of alkyl halides is 2. The van der Waals surface area contributed by atoms with Crippen LogP contribution in [0.15, 0.2) is 0 Å². The number of carbonyl (C=O) groups is 1. The summed E-state index contributed by atoms with van der Waals surface area (Å²) in [4.78, 5) is 10.1. The van der Waals surface area contributed by atoms with Crippen LogP contribution in [0.25, 0.3) is 0 Å². The highest BCUT2D eigenvalue weighted by molar-refractivity contribution is 5.55. The Labute approximate surface area is 57.4 Å². The van der Waals surface area contributed by atoms with E-state index >= 15 is 0 Å². The molecule has 2 unspecified atom stereocenters. The molecule has 2 atom stereocenters. The highest BCUT2D eigenvalue weighted by Gasteiger charge is 2.71. The second kappa shape index (κ2) is 1.57. The number of fused-ring (bicyclic) bond motifs is 1. The van der Waals surface area contributed by atoms with Crippen molar-refractivity contribution in [1.29, 1.82) is 0 Å². The highest BCUT2D eigenvalue weighted by Crippen LogP contribution is 2.65. The van der Waals surface area contributed by atoms with Crippen LogP contribution in [0.3, 0.4) is 0 Å². The van der Waals surface area contributed by atoms with Crippen molar-refractivity contribution in [2.24, 2.45) is 17.8 Å². The minimum absolute atomic E-state index is 0.0744. The van der Waals surface area contributed by atoms with E-state index < -0.39 is 17.8 Å². The molecule has 56 valence electrons. The Morgan fingerprint density at radius 3 is 2.20 bits per heavy atom. The molecule has 0 spiro atoms. The lowest BCUT2D eigenvalue weighted by Crippen LogP contribution is -2.08. The zero-order valence-corrected chi connectivity index (χ0v) is 5.39. The predicted octanol–water partition coefficient (Wildman–Crippen LogP) is 1.48. The Bertz CT molecular complexity index is 164. The van der Waals surface area contributed by atoms with E-state index in [1.54, 1.807) is 0 Å². The molecule has 0 amide bonds. The van der Waals surface area contributed by atoms with Gasteiger partial charge < -0.3 is 4.79 Å². The van der Waals surface area contributed by atoms with Crippen LogP contribution in [0.5, 0.6) is 0 Å². The van der Waals surface area contributed by atoms with Crippen molar-refractivity contribution < 1.29 is 13.6 Å². The first-order chi connectivity index (χ1) is 4.66. The Hall–Kier alpha value is -0.470. The van der Waals surface area contributed by atoms with Crippen molar-refractivity contribution in [2.75, 3.05) is 0 Å². The first-order valence-electron chi connectivity index (χ1n) is 3.49. The minimum Gasteiger partial charge on any atom is -0.303 e. The summed E-state index contributed by atoms with van der Waals surface area (Å²) in [5.41, 5.74) is 0. The Morgan fingerprint density at radius 2 is 1.80 bits per heavy atom. The van der Waals surface area contributed by atoms with Gasteiger partial charge in [-0.05, 0) is 12.8 Å². The molecule has 2 fully saturated rings. The zero-order valence-electron chi connectivity index (χ0n) is 5.39. The molecule has 2 aliphatic carbocycles. The molecule has 1 nitrogen and oxygen atoms in total. The van der Waals surface area contributed by atoms with Crippen molar-refractivity contribution in [3.05, 3.63) is 0 Å². The fourth-order valence-corrected chi connectivity index (χ4v) is 1.96. The molecule has 10 heavy (non-hydrogen) atoms. The van der Waals surface area contributed by atoms with Gasteiger partial charge in [0.25, 0.3) is 5.92 Å². The topological polar surface area (TPSA) is 17.1 Å². The fraction of sp³-hybridized carbons (Fsp3) is 0.857. The van der Waals surface area contributed by atoms with Gasteiger partial charge in [-0.2, -0.15) is 0 Å². The summed E-state index contributed by atoms with van der Waals surface area (Å²) in [7, 11) is 0. The van der Waals surface area contributed by atoms with Gasteiger partial charge in [0.1, 0.15) is 6.29 Å². The van der Waals surface area contributed by atoms with Crippen molar-refractivity contribution in [2.45, 2.75) is 18.8 Å². The average Bonchev–Trinajstić information content (AvgIpc) is 2.37. The van der Waals surface area contributed by atoms with Crippen LogP contribution >= 0.6 is 0 Å². The summed E-state index contributed by atoms with van der Waals surface area (Å²) >= 11 is 0. The molecule has 0 heterocycles. The van der Waals surface area contributed by atoms with Crippen molar-refractivity contribution in [3.63, 3.8) is 0 Å². The average molecular weight is 146 g/mol. The molecule has 2 aliphatic rings. The summed E-state index contributed by atoms with van der Waals surface area (Å²) < 4.78 is 24.9. The Morgan fingerprint density at radius 1 is 1.30 bits per heavy atom. The molecule has 3 heteroatoms. The predicted molar refractivity (Wildman–Crippen MR) is 30.7 cm³/mol. The molecule has 0 bridgehead atoms. The Balaban J connectivity index is 2.01. The van der Waals surface area contributed by atoms with E-state index in [0.29, 0.717) is 12.8 Å². The van der Waals surface area contributed by atoms with Crippen LogP contribution in [0.2, 0.25) is 0 Å². The number of hydrogen-bond acceptors (Lipinski definition) is 1. The van der Waals surface area contributed by atoms with E-state index in [-0.39, 0.29) is 5.92 Å². The largest absolute Gasteiger partial charge is 0.303 e. The first kappa shape index (κ1) is 6.25. The van der Waals surface area contributed by atoms with Crippen LogP contribution in [-0.2, 0) is 4.79 Å². The van der Waals surface area contributed by atoms with E-state index in [2.05, 4.69) is 0 Å². The molecule has 0 aromatic carbocycles. The lowest BCUT2D eigenvalue weighted by Gasteiger charge is -2.04. The lowest BCUT2D eigenvalue weighted by molar-refractivity contribution is -0.111. The van der Waals surface area contributed by atoms with Gasteiger partial charge in [-0.15, -0.1) is 0 Å². The fourth-order valence-electron chi connectivity index (χ4n) is 1.96. The number of hydrogen-bond donors (Lipinski definition) is 0. The molecule has 2 rings (SSSR count). The first-order valence-corrected chi connectivity index (χ1v) is 3.49. The van der Waals surface area contributed by atoms with Crippen molar-refractivity contribution in [3.8, 4) is 0 Å². The molecule has 0 saturated heterocycles. The summed E-state index contributed by atoms with van der Waals surface area (Å²) in [5, 5.41) is 0. The van der Waals surface area contributed by atoms with E-state index in [9.17, 15) is 13.6 Å².